The first kappa shape index (κ1) is 16.6. The Morgan fingerprint density at radius 3 is 2.76 bits per heavy atom. The first-order valence-electron chi connectivity index (χ1n) is 7.66. The van der Waals surface area contributed by atoms with Crippen molar-refractivity contribution in [1.29, 1.82) is 0 Å². The Morgan fingerprint density at radius 2 is 2.12 bits per heavy atom. The smallest absolute Gasteiger partial charge is 0.381 e. The van der Waals surface area contributed by atoms with Crippen LogP contribution in [0, 0.1) is 17.0 Å². The van der Waals surface area contributed by atoms with E-state index in [1.807, 2.05) is 12.1 Å². The lowest BCUT2D eigenvalue weighted by molar-refractivity contribution is -0.389. The van der Waals surface area contributed by atoms with Crippen LogP contribution in [0.4, 0.5) is 5.82 Å². The Morgan fingerprint density at radius 1 is 1.40 bits per heavy atom. The Balaban J connectivity index is 1.87. The molecule has 1 aromatic heterocycles. The molecule has 130 valence electrons. The van der Waals surface area contributed by atoms with Gasteiger partial charge in [0.05, 0.1) is 0 Å². The number of hydrogen-bond acceptors (Lipinski definition) is 5. The molecule has 9 heteroatoms. The van der Waals surface area contributed by atoms with Gasteiger partial charge < -0.3 is 20.1 Å². The molecule has 1 aliphatic heterocycles. The second-order valence-corrected chi connectivity index (χ2v) is 5.81. The van der Waals surface area contributed by atoms with Gasteiger partial charge in [0.2, 0.25) is 11.7 Å². The molecule has 1 amide bonds. The van der Waals surface area contributed by atoms with Crippen molar-refractivity contribution in [2.24, 2.45) is 0 Å². The molecule has 25 heavy (non-hydrogen) atoms. The SMILES string of the molecule is Cc1nc([N+](=O)[O-])cn1CC(=O)N1CCc2ccccc2C1C(=O)O. The standard InChI is InChI=1S/C16H16N4O5/c1-10-17-13(20(24)25)8-18(10)9-14(21)19-7-6-11-4-2-3-5-12(11)15(19)16(22)23/h2-5,8,15H,6-7,9H2,1H3,(H,22,23). The van der Waals surface area contributed by atoms with Crippen molar-refractivity contribution in [2.75, 3.05) is 6.54 Å². The first-order chi connectivity index (χ1) is 11.9. The van der Waals surface area contributed by atoms with Crippen molar-refractivity contribution in [2.45, 2.75) is 25.9 Å². The lowest BCUT2D eigenvalue weighted by Gasteiger charge is -2.34. The van der Waals surface area contributed by atoms with Crippen LogP contribution < -0.4 is 0 Å². The number of benzene rings is 1. The number of rotatable bonds is 4. The topological polar surface area (TPSA) is 119 Å². The van der Waals surface area contributed by atoms with Gasteiger partial charge in [-0.15, -0.1) is 0 Å². The normalized spacial score (nSPS) is 16.4. The molecule has 1 aliphatic rings. The zero-order chi connectivity index (χ0) is 18.1. The minimum atomic E-state index is -1.10. The predicted octanol–water partition coefficient (Wildman–Crippen LogP) is 1.31. The van der Waals surface area contributed by atoms with Crippen LogP contribution in [0.3, 0.4) is 0 Å². The summed E-state index contributed by atoms with van der Waals surface area (Å²) in [5.74, 6) is -1.54. The average Bonchev–Trinajstić information content (AvgIpc) is 2.94. The van der Waals surface area contributed by atoms with Gasteiger partial charge in [-0.25, -0.2) is 4.79 Å². The summed E-state index contributed by atoms with van der Waals surface area (Å²) in [4.78, 5) is 39.6. The molecule has 2 heterocycles. The van der Waals surface area contributed by atoms with E-state index in [4.69, 9.17) is 0 Å². The number of imidazole rings is 1. The number of fused-ring (bicyclic) bond motifs is 1. The summed E-state index contributed by atoms with van der Waals surface area (Å²) < 4.78 is 1.36. The van der Waals surface area contributed by atoms with Crippen molar-refractivity contribution in [1.82, 2.24) is 14.5 Å². The average molecular weight is 344 g/mol. The number of nitro groups is 1. The van der Waals surface area contributed by atoms with Crippen molar-refractivity contribution in [3.63, 3.8) is 0 Å². The summed E-state index contributed by atoms with van der Waals surface area (Å²) in [6, 6.07) is 6.09. The molecule has 0 radical (unpaired) electrons. The molecule has 0 saturated carbocycles. The van der Waals surface area contributed by atoms with E-state index < -0.39 is 22.8 Å². The summed E-state index contributed by atoms with van der Waals surface area (Å²) in [5.41, 5.74) is 1.51. The molecule has 9 nitrogen and oxygen atoms in total. The summed E-state index contributed by atoms with van der Waals surface area (Å²) in [7, 11) is 0. The molecule has 2 aromatic rings. The van der Waals surface area contributed by atoms with Crippen LogP contribution >= 0.6 is 0 Å². The number of hydrogen-bond donors (Lipinski definition) is 1. The number of nitrogens with zero attached hydrogens (tertiary/aromatic N) is 4. The van der Waals surface area contributed by atoms with E-state index >= 15 is 0 Å². The minimum Gasteiger partial charge on any atom is -0.479 e. The zero-order valence-electron chi connectivity index (χ0n) is 13.5. The van der Waals surface area contributed by atoms with Gasteiger partial charge in [-0.3, -0.25) is 9.36 Å². The van der Waals surface area contributed by atoms with Crippen LogP contribution in [-0.2, 0) is 22.6 Å². The van der Waals surface area contributed by atoms with Crippen LogP contribution in [-0.4, -0.2) is 42.9 Å². The van der Waals surface area contributed by atoms with Crippen LogP contribution in [0.15, 0.2) is 30.5 Å². The number of aromatic nitrogens is 2. The number of carbonyl (C=O) groups is 2. The van der Waals surface area contributed by atoms with E-state index in [9.17, 15) is 24.8 Å². The monoisotopic (exact) mass is 344 g/mol. The molecule has 1 unspecified atom stereocenters. The second-order valence-electron chi connectivity index (χ2n) is 5.81. The highest BCUT2D eigenvalue weighted by molar-refractivity contribution is 5.85. The summed E-state index contributed by atoms with van der Waals surface area (Å²) in [6.45, 7) is 1.64. The number of carboxylic acids is 1. The Kier molecular flexibility index (Phi) is 4.22. The number of aryl methyl sites for hydroxylation is 1. The fourth-order valence-electron chi connectivity index (χ4n) is 3.08. The maximum Gasteiger partial charge on any atom is 0.381 e. The van der Waals surface area contributed by atoms with Gasteiger partial charge in [0, 0.05) is 13.5 Å². The van der Waals surface area contributed by atoms with Gasteiger partial charge in [-0.1, -0.05) is 24.3 Å². The number of carboxylic acid groups (broad SMARTS) is 1. The molecule has 1 aromatic carbocycles. The fraction of sp³-hybridized carbons (Fsp3) is 0.312. The molecule has 3 rings (SSSR count). The first-order valence-corrected chi connectivity index (χ1v) is 7.66. The van der Waals surface area contributed by atoms with Gasteiger partial charge in [-0.05, 0) is 27.5 Å². The Hall–Kier alpha value is -3.23. The molecule has 1 N–H and O–H groups in total. The molecule has 0 bridgehead atoms. The molecule has 0 aliphatic carbocycles. The molecule has 0 saturated heterocycles. The maximum atomic E-state index is 12.7. The van der Waals surface area contributed by atoms with Gasteiger partial charge in [0.15, 0.2) is 6.04 Å². The largest absolute Gasteiger partial charge is 0.479 e. The summed E-state index contributed by atoms with van der Waals surface area (Å²) in [5, 5.41) is 20.4. The van der Waals surface area contributed by atoms with Gasteiger partial charge in [-0.2, -0.15) is 0 Å². The number of carbonyl (C=O) groups excluding carboxylic acids is 1. The molecule has 0 fully saturated rings. The Labute approximate surface area is 142 Å². The van der Waals surface area contributed by atoms with E-state index in [2.05, 4.69) is 4.98 Å². The quantitative estimate of drug-likeness (QED) is 0.660. The third-order valence-corrected chi connectivity index (χ3v) is 4.29. The zero-order valence-corrected chi connectivity index (χ0v) is 13.5. The predicted molar refractivity (Wildman–Crippen MR) is 85.9 cm³/mol. The van der Waals surface area contributed by atoms with E-state index in [1.54, 1.807) is 19.1 Å². The second kappa shape index (κ2) is 6.34. The highest BCUT2D eigenvalue weighted by atomic mass is 16.6. The highest BCUT2D eigenvalue weighted by Crippen LogP contribution is 2.30. The molecular formula is C16H16N4O5. The lowest BCUT2D eigenvalue weighted by Crippen LogP contribution is -2.44. The third kappa shape index (κ3) is 3.08. The van der Waals surface area contributed by atoms with Gasteiger partial charge >= 0.3 is 11.8 Å². The van der Waals surface area contributed by atoms with Crippen molar-refractivity contribution in [3.8, 4) is 0 Å². The number of aliphatic carboxylic acids is 1. The molecule has 1 atom stereocenters. The van der Waals surface area contributed by atoms with Crippen LogP contribution in [0.25, 0.3) is 0 Å². The lowest BCUT2D eigenvalue weighted by atomic mass is 9.92. The van der Waals surface area contributed by atoms with Crippen molar-refractivity contribution < 1.29 is 19.6 Å². The van der Waals surface area contributed by atoms with E-state index in [0.29, 0.717) is 17.8 Å². The van der Waals surface area contributed by atoms with Crippen molar-refractivity contribution in [3.05, 3.63) is 57.5 Å². The van der Waals surface area contributed by atoms with Crippen molar-refractivity contribution >= 4 is 17.7 Å². The summed E-state index contributed by atoms with van der Waals surface area (Å²) >= 11 is 0. The van der Waals surface area contributed by atoms with E-state index in [1.165, 1.54) is 15.7 Å². The number of amides is 1. The van der Waals surface area contributed by atoms with Gasteiger partial charge in [0.1, 0.15) is 12.7 Å². The Bertz CT molecular complexity index is 860. The summed E-state index contributed by atoms with van der Waals surface area (Å²) in [6.07, 6.45) is 1.75. The molecular weight excluding hydrogens is 328 g/mol. The van der Waals surface area contributed by atoms with E-state index in [-0.39, 0.29) is 18.9 Å². The van der Waals surface area contributed by atoms with Crippen LogP contribution in [0.1, 0.15) is 23.0 Å². The van der Waals surface area contributed by atoms with Gasteiger partial charge in [0.25, 0.3) is 0 Å². The maximum absolute atomic E-state index is 12.7. The van der Waals surface area contributed by atoms with Crippen LogP contribution in [0.5, 0.6) is 0 Å². The highest BCUT2D eigenvalue weighted by Gasteiger charge is 2.36. The minimum absolute atomic E-state index is 0.196. The van der Waals surface area contributed by atoms with Crippen LogP contribution in [0.2, 0.25) is 0 Å². The third-order valence-electron chi connectivity index (χ3n) is 4.29. The van der Waals surface area contributed by atoms with E-state index in [0.717, 1.165) is 5.56 Å². The molecule has 0 spiro atoms. The fourth-order valence-corrected chi connectivity index (χ4v) is 3.08.